The maximum Gasteiger partial charge on any atom is 0.348 e. The van der Waals surface area contributed by atoms with Crippen LogP contribution in [0.5, 0.6) is 5.75 Å². The normalized spacial score (nSPS) is 10.9. The Kier molecular flexibility index (Phi) is 5.95. The Labute approximate surface area is 171 Å². The molecule has 2 N–H and O–H groups in total. The number of ether oxygens (including phenoxy) is 2. The molecule has 0 radical (unpaired) electrons. The number of hydrogen-bond donors (Lipinski definition) is 1. The summed E-state index contributed by atoms with van der Waals surface area (Å²) in [5.41, 5.74) is 5.39. The first-order chi connectivity index (χ1) is 13.3. The molecule has 1 aromatic heterocycles. The summed E-state index contributed by atoms with van der Waals surface area (Å²) in [6, 6.07) is 6.74. The number of rotatable bonds is 6. The van der Waals surface area contributed by atoms with Crippen LogP contribution in [0.1, 0.15) is 32.5 Å². The minimum Gasteiger partial charge on any atom is -0.485 e. The summed E-state index contributed by atoms with van der Waals surface area (Å²) in [7, 11) is 0. The topological polar surface area (TPSA) is 78.6 Å². The lowest BCUT2D eigenvalue weighted by Gasteiger charge is -2.11. The number of primary amides is 1. The molecule has 9 heteroatoms. The molecule has 1 amide bonds. The predicted molar refractivity (Wildman–Crippen MR) is 105 cm³/mol. The van der Waals surface area contributed by atoms with Crippen molar-refractivity contribution in [2.24, 2.45) is 5.73 Å². The SMILES string of the molecule is CCOC(=O)c1sc2cccc(F)c2c1COc1c(F)cc(C(N)=O)cc1Br. The summed E-state index contributed by atoms with van der Waals surface area (Å²) >= 11 is 4.21. The first kappa shape index (κ1) is 20.2. The van der Waals surface area contributed by atoms with Crippen LogP contribution in [0, 0.1) is 11.6 Å². The van der Waals surface area contributed by atoms with Crippen LogP contribution in [0.3, 0.4) is 0 Å². The summed E-state index contributed by atoms with van der Waals surface area (Å²) in [6.07, 6.45) is 0. The van der Waals surface area contributed by atoms with E-state index in [1.54, 1.807) is 13.0 Å². The number of carbonyl (C=O) groups excluding carboxylic acids is 2. The number of amides is 1. The molecule has 5 nitrogen and oxygen atoms in total. The second-order valence-corrected chi connectivity index (χ2v) is 7.57. The highest BCUT2D eigenvalue weighted by molar-refractivity contribution is 9.10. The Morgan fingerprint density at radius 3 is 2.61 bits per heavy atom. The third-order valence-electron chi connectivity index (χ3n) is 3.87. The van der Waals surface area contributed by atoms with Gasteiger partial charge in [-0.3, -0.25) is 4.79 Å². The average Bonchev–Trinajstić information content (AvgIpc) is 3.01. The molecule has 0 aliphatic heterocycles. The Hall–Kier alpha value is -2.52. The molecule has 0 bridgehead atoms. The molecule has 146 valence electrons. The fourth-order valence-electron chi connectivity index (χ4n) is 2.65. The van der Waals surface area contributed by atoms with Gasteiger partial charge in [0.05, 0.1) is 11.1 Å². The third kappa shape index (κ3) is 3.85. The zero-order valence-corrected chi connectivity index (χ0v) is 17.0. The molecule has 0 aliphatic rings. The molecular weight excluding hydrogens is 456 g/mol. The van der Waals surface area contributed by atoms with Gasteiger partial charge in [-0.1, -0.05) is 6.07 Å². The molecule has 0 saturated heterocycles. The lowest BCUT2D eigenvalue weighted by atomic mass is 10.1. The largest absolute Gasteiger partial charge is 0.485 e. The van der Waals surface area contributed by atoms with Crippen LogP contribution in [0.4, 0.5) is 8.78 Å². The number of carbonyl (C=O) groups is 2. The van der Waals surface area contributed by atoms with Crippen molar-refractivity contribution in [2.75, 3.05) is 6.61 Å². The van der Waals surface area contributed by atoms with Gasteiger partial charge in [-0.2, -0.15) is 0 Å². The molecule has 0 unspecified atom stereocenters. The van der Waals surface area contributed by atoms with E-state index in [2.05, 4.69) is 15.9 Å². The van der Waals surface area contributed by atoms with E-state index in [4.69, 9.17) is 15.2 Å². The summed E-state index contributed by atoms with van der Waals surface area (Å²) < 4.78 is 40.0. The summed E-state index contributed by atoms with van der Waals surface area (Å²) in [4.78, 5) is 23.7. The van der Waals surface area contributed by atoms with Crippen molar-refractivity contribution in [3.8, 4) is 5.75 Å². The van der Waals surface area contributed by atoms with E-state index in [0.29, 0.717) is 4.70 Å². The third-order valence-corrected chi connectivity index (χ3v) is 5.63. The minimum absolute atomic E-state index is 0.0315. The number of halogens is 3. The summed E-state index contributed by atoms with van der Waals surface area (Å²) in [5.74, 6) is -2.92. The van der Waals surface area contributed by atoms with Crippen molar-refractivity contribution in [1.82, 2.24) is 0 Å². The van der Waals surface area contributed by atoms with E-state index in [-0.39, 0.29) is 44.8 Å². The molecule has 0 saturated carbocycles. The Morgan fingerprint density at radius 2 is 1.96 bits per heavy atom. The highest BCUT2D eigenvalue weighted by atomic mass is 79.9. The van der Waals surface area contributed by atoms with Gasteiger partial charge < -0.3 is 15.2 Å². The number of hydrogen-bond acceptors (Lipinski definition) is 5. The molecule has 2 aromatic carbocycles. The zero-order chi connectivity index (χ0) is 20.4. The Balaban J connectivity index is 2.02. The van der Waals surface area contributed by atoms with E-state index in [0.717, 1.165) is 17.4 Å². The Bertz CT molecular complexity index is 1060. The molecule has 0 fully saturated rings. The van der Waals surface area contributed by atoms with Crippen molar-refractivity contribution >= 4 is 49.2 Å². The number of fused-ring (bicyclic) bond motifs is 1. The van der Waals surface area contributed by atoms with Gasteiger partial charge in [-0.25, -0.2) is 13.6 Å². The molecular formula is C19H14BrF2NO4S. The van der Waals surface area contributed by atoms with Crippen molar-refractivity contribution in [1.29, 1.82) is 0 Å². The molecule has 0 atom stereocenters. The molecule has 0 aliphatic carbocycles. The summed E-state index contributed by atoms with van der Waals surface area (Å²) in [5, 5.41) is 0.223. The standard InChI is InChI=1S/C19H14BrF2NO4S/c1-2-26-19(25)17-10(15-12(21)4-3-5-14(15)28-17)8-27-16-11(20)6-9(18(23)24)7-13(16)22/h3-7H,2,8H2,1H3,(H2,23,24). The van der Waals surface area contributed by atoms with Crippen LogP contribution in [0.2, 0.25) is 0 Å². The molecule has 3 rings (SSSR count). The average molecular weight is 470 g/mol. The van der Waals surface area contributed by atoms with Gasteiger partial charge in [0.25, 0.3) is 0 Å². The van der Waals surface area contributed by atoms with Gasteiger partial charge in [0.15, 0.2) is 11.6 Å². The molecule has 3 aromatic rings. The molecule has 1 heterocycles. The monoisotopic (exact) mass is 469 g/mol. The first-order valence-electron chi connectivity index (χ1n) is 8.12. The Morgan fingerprint density at radius 1 is 1.21 bits per heavy atom. The highest BCUT2D eigenvalue weighted by Gasteiger charge is 2.23. The van der Waals surface area contributed by atoms with Gasteiger partial charge in [0.1, 0.15) is 17.3 Å². The number of thiophene rings is 1. The van der Waals surface area contributed by atoms with Gasteiger partial charge in [-0.15, -0.1) is 11.3 Å². The van der Waals surface area contributed by atoms with Gasteiger partial charge in [0, 0.05) is 21.2 Å². The van der Waals surface area contributed by atoms with E-state index in [1.807, 2.05) is 0 Å². The first-order valence-corrected chi connectivity index (χ1v) is 9.73. The lowest BCUT2D eigenvalue weighted by molar-refractivity contribution is 0.0529. The van der Waals surface area contributed by atoms with E-state index >= 15 is 0 Å². The number of benzene rings is 2. The number of esters is 1. The lowest BCUT2D eigenvalue weighted by Crippen LogP contribution is -2.12. The van der Waals surface area contributed by atoms with Crippen molar-refractivity contribution < 1.29 is 27.8 Å². The van der Waals surface area contributed by atoms with Crippen LogP contribution in [-0.2, 0) is 11.3 Å². The quantitative estimate of drug-likeness (QED) is 0.526. The fourth-order valence-corrected chi connectivity index (χ4v) is 4.32. The predicted octanol–water partition coefficient (Wildman–Crippen LogP) is 4.80. The van der Waals surface area contributed by atoms with Gasteiger partial charge in [-0.05, 0) is 47.1 Å². The minimum atomic E-state index is -0.819. The summed E-state index contributed by atoms with van der Waals surface area (Å²) in [6.45, 7) is 1.54. The van der Waals surface area contributed by atoms with E-state index < -0.39 is 23.5 Å². The fraction of sp³-hybridized carbons (Fsp3) is 0.158. The van der Waals surface area contributed by atoms with Crippen LogP contribution in [0.15, 0.2) is 34.8 Å². The maximum absolute atomic E-state index is 14.4. The van der Waals surface area contributed by atoms with Gasteiger partial charge in [0.2, 0.25) is 5.91 Å². The smallest absolute Gasteiger partial charge is 0.348 e. The van der Waals surface area contributed by atoms with Crippen LogP contribution in [-0.4, -0.2) is 18.5 Å². The van der Waals surface area contributed by atoms with E-state index in [1.165, 1.54) is 18.2 Å². The maximum atomic E-state index is 14.4. The molecule has 0 spiro atoms. The zero-order valence-electron chi connectivity index (χ0n) is 14.6. The van der Waals surface area contributed by atoms with E-state index in [9.17, 15) is 18.4 Å². The molecule has 28 heavy (non-hydrogen) atoms. The van der Waals surface area contributed by atoms with Crippen LogP contribution in [0.25, 0.3) is 10.1 Å². The van der Waals surface area contributed by atoms with Crippen molar-refractivity contribution in [3.63, 3.8) is 0 Å². The van der Waals surface area contributed by atoms with Crippen LogP contribution < -0.4 is 10.5 Å². The second-order valence-electron chi connectivity index (χ2n) is 5.67. The second kappa shape index (κ2) is 8.24. The van der Waals surface area contributed by atoms with Crippen molar-refractivity contribution in [3.05, 3.63) is 62.4 Å². The number of nitrogens with two attached hydrogens (primary N) is 1. The van der Waals surface area contributed by atoms with Crippen molar-refractivity contribution in [2.45, 2.75) is 13.5 Å². The van der Waals surface area contributed by atoms with Crippen LogP contribution >= 0.6 is 27.3 Å². The van der Waals surface area contributed by atoms with Gasteiger partial charge >= 0.3 is 5.97 Å². The highest BCUT2D eigenvalue weighted by Crippen LogP contribution is 2.36.